The van der Waals surface area contributed by atoms with E-state index in [-0.39, 0.29) is 17.4 Å². The fraction of sp³-hybridized carbons (Fsp3) is 0.829. The first-order valence-electron chi connectivity index (χ1n) is 19.9. The van der Waals surface area contributed by atoms with Crippen molar-refractivity contribution in [3.8, 4) is 0 Å². The molecule has 56 heavy (non-hydrogen) atoms. The van der Waals surface area contributed by atoms with Gasteiger partial charge in [0.15, 0.2) is 6.29 Å². The minimum Gasteiger partial charge on any atom is -0.459 e. The summed E-state index contributed by atoms with van der Waals surface area (Å²) >= 11 is 0. The SMILES string of the molecule is CC[C@H](C)C[C@H](C)C[C@H](C)[C@@H](O[C@@H]1O[C@H](CO)[C@@H](O)[C@H](O)[C@@H]1O)[C@@H](C)C=C(C)[C@@H](O)[C@@H](C)C=C(C)[C@@H](O)[C@@H](C)C=C(C)C(=O)OC[C@@H](O)[C@@H](O)[C@H](O)[C@H](O)CO. The molecule has 18 atom stereocenters. The van der Waals surface area contributed by atoms with Crippen LogP contribution < -0.4 is 0 Å². The van der Waals surface area contributed by atoms with Crippen molar-refractivity contribution < 1.29 is 75.2 Å². The predicted octanol–water partition coefficient (Wildman–Crippen LogP) is 0.718. The van der Waals surface area contributed by atoms with Gasteiger partial charge < -0.3 is 70.4 Å². The van der Waals surface area contributed by atoms with Crippen LogP contribution in [0.5, 0.6) is 0 Å². The molecular weight excluding hydrogens is 732 g/mol. The van der Waals surface area contributed by atoms with Crippen LogP contribution in [0.25, 0.3) is 0 Å². The Labute approximate surface area is 333 Å². The number of carbonyl (C=O) groups is 1. The summed E-state index contributed by atoms with van der Waals surface area (Å²) in [5.41, 5.74) is 1.26. The molecule has 15 heteroatoms. The highest BCUT2D eigenvalue weighted by atomic mass is 16.7. The normalized spacial score (nSPS) is 28.5. The first-order valence-corrected chi connectivity index (χ1v) is 19.9. The lowest BCUT2D eigenvalue weighted by molar-refractivity contribution is -0.317. The van der Waals surface area contributed by atoms with E-state index < -0.39 is 111 Å². The molecule has 11 N–H and O–H groups in total. The van der Waals surface area contributed by atoms with E-state index in [1.807, 2.05) is 19.9 Å². The van der Waals surface area contributed by atoms with Gasteiger partial charge in [0.2, 0.25) is 0 Å². The van der Waals surface area contributed by atoms with Gasteiger partial charge in [-0.1, -0.05) is 73.1 Å². The quantitative estimate of drug-likeness (QED) is 0.0365. The van der Waals surface area contributed by atoms with E-state index in [1.54, 1.807) is 33.8 Å². The molecule has 1 fully saturated rings. The van der Waals surface area contributed by atoms with Crippen molar-refractivity contribution in [2.75, 3.05) is 19.8 Å². The van der Waals surface area contributed by atoms with Crippen molar-refractivity contribution in [3.63, 3.8) is 0 Å². The molecule has 0 bridgehead atoms. The third-order valence-corrected chi connectivity index (χ3v) is 11.0. The lowest BCUT2D eigenvalue weighted by atomic mass is 9.82. The van der Waals surface area contributed by atoms with Gasteiger partial charge in [0.25, 0.3) is 0 Å². The third kappa shape index (κ3) is 15.7. The van der Waals surface area contributed by atoms with Crippen molar-refractivity contribution in [1.29, 1.82) is 0 Å². The molecule has 0 aliphatic carbocycles. The summed E-state index contributed by atoms with van der Waals surface area (Å²) in [4.78, 5) is 12.5. The lowest BCUT2D eigenvalue weighted by Gasteiger charge is -2.42. The van der Waals surface area contributed by atoms with Gasteiger partial charge in [-0.2, -0.15) is 0 Å². The van der Waals surface area contributed by atoms with Gasteiger partial charge in [0, 0.05) is 23.3 Å². The van der Waals surface area contributed by atoms with Crippen LogP contribution >= 0.6 is 0 Å². The summed E-state index contributed by atoms with van der Waals surface area (Å²) in [6, 6.07) is 0. The van der Waals surface area contributed by atoms with Gasteiger partial charge in [0.1, 0.15) is 55.4 Å². The summed E-state index contributed by atoms with van der Waals surface area (Å²) in [7, 11) is 0. The van der Waals surface area contributed by atoms with E-state index in [9.17, 15) is 55.9 Å². The highest BCUT2D eigenvalue weighted by molar-refractivity contribution is 5.87. The number of ether oxygens (including phenoxy) is 3. The molecule has 328 valence electrons. The van der Waals surface area contributed by atoms with E-state index in [4.69, 9.17) is 19.3 Å². The van der Waals surface area contributed by atoms with Gasteiger partial charge >= 0.3 is 5.97 Å². The summed E-state index contributed by atoms with van der Waals surface area (Å²) in [6.45, 7) is 16.8. The summed E-state index contributed by atoms with van der Waals surface area (Å²) < 4.78 is 17.1. The van der Waals surface area contributed by atoms with Crippen molar-refractivity contribution >= 4 is 5.97 Å². The molecule has 1 aliphatic rings. The Kier molecular flexibility index (Phi) is 23.2. The standard InChI is InChI=1S/C41H74O15/c1-11-20(2)12-21(3)13-26(8)39(56-41-38(52)37(51)36(50)31(18-43)55-41)27(9)15-24(6)32(46)22(4)14-23(5)33(47)25(7)16-28(10)40(53)54-19-30(45)35(49)34(48)29(44)17-42/h14-16,20-22,25-27,29-39,41-52H,11-13,17-19H2,1-10H3/t20-,21-,22-,25-,26-,27-,29+,30+,31+,32-,33+,34+,35+,36+,37-,38-,39+,41-/m0/s1. The van der Waals surface area contributed by atoms with Gasteiger partial charge in [0.05, 0.1) is 31.5 Å². The second-order valence-electron chi connectivity index (χ2n) is 16.4. The Morgan fingerprint density at radius 3 is 1.73 bits per heavy atom. The van der Waals surface area contributed by atoms with Crippen molar-refractivity contribution in [2.45, 2.75) is 162 Å². The summed E-state index contributed by atoms with van der Waals surface area (Å²) in [5, 5.41) is 112. The zero-order valence-corrected chi connectivity index (χ0v) is 34.9. The molecule has 15 nitrogen and oxygen atoms in total. The van der Waals surface area contributed by atoms with Gasteiger partial charge in [-0.25, -0.2) is 4.79 Å². The number of hydrogen-bond acceptors (Lipinski definition) is 15. The zero-order chi connectivity index (χ0) is 43.2. The molecule has 1 aliphatic heterocycles. The van der Waals surface area contributed by atoms with E-state index in [1.165, 1.54) is 13.0 Å². The van der Waals surface area contributed by atoms with E-state index in [0.29, 0.717) is 23.0 Å². The van der Waals surface area contributed by atoms with Crippen molar-refractivity contribution in [1.82, 2.24) is 0 Å². The highest BCUT2D eigenvalue weighted by Crippen LogP contribution is 2.33. The average Bonchev–Trinajstić information content (AvgIpc) is 3.16. The molecule has 1 rings (SSSR count). The molecule has 0 amide bonds. The number of rotatable bonds is 24. The average molecular weight is 807 g/mol. The van der Waals surface area contributed by atoms with Crippen LogP contribution in [0.2, 0.25) is 0 Å². The largest absolute Gasteiger partial charge is 0.459 e. The highest BCUT2D eigenvalue weighted by Gasteiger charge is 2.45. The molecule has 1 saturated heterocycles. The van der Waals surface area contributed by atoms with Crippen LogP contribution in [-0.4, -0.2) is 155 Å². The molecular formula is C41H74O15. The van der Waals surface area contributed by atoms with Gasteiger partial charge in [-0.05, 0) is 62.5 Å². The maximum atomic E-state index is 12.5. The zero-order valence-electron chi connectivity index (χ0n) is 34.9. The van der Waals surface area contributed by atoms with E-state index >= 15 is 0 Å². The molecule has 0 aromatic carbocycles. The van der Waals surface area contributed by atoms with Crippen LogP contribution in [0.15, 0.2) is 34.9 Å². The minimum atomic E-state index is -1.88. The molecule has 0 spiro atoms. The lowest BCUT2D eigenvalue weighted by Crippen LogP contribution is -2.60. The number of carbonyl (C=O) groups excluding carboxylic acids is 1. The first-order chi connectivity index (χ1) is 26.0. The van der Waals surface area contributed by atoms with Crippen molar-refractivity contribution in [2.24, 2.45) is 35.5 Å². The smallest absolute Gasteiger partial charge is 0.333 e. The Balaban J connectivity index is 3.12. The van der Waals surface area contributed by atoms with E-state index in [0.717, 1.165) is 19.3 Å². The minimum absolute atomic E-state index is 0.0574. The molecule has 0 aromatic rings. The van der Waals surface area contributed by atoms with Crippen molar-refractivity contribution in [3.05, 3.63) is 34.9 Å². The molecule has 0 radical (unpaired) electrons. The first kappa shape index (κ1) is 52.2. The number of aliphatic hydroxyl groups is 11. The fourth-order valence-corrected chi connectivity index (χ4v) is 7.36. The summed E-state index contributed by atoms with van der Waals surface area (Å²) in [6.07, 6.45) is -8.89. The van der Waals surface area contributed by atoms with Crippen LogP contribution in [-0.2, 0) is 19.0 Å². The fourth-order valence-electron chi connectivity index (χ4n) is 7.36. The Morgan fingerprint density at radius 2 is 1.21 bits per heavy atom. The molecule has 1 heterocycles. The van der Waals surface area contributed by atoms with E-state index in [2.05, 4.69) is 20.8 Å². The molecule has 0 unspecified atom stereocenters. The maximum absolute atomic E-state index is 12.5. The number of aliphatic hydroxyl groups excluding tert-OH is 11. The number of hydrogen-bond donors (Lipinski definition) is 11. The Bertz CT molecular complexity index is 1240. The third-order valence-electron chi connectivity index (χ3n) is 11.0. The molecule has 0 aromatic heterocycles. The topological polar surface area (TPSA) is 267 Å². The Morgan fingerprint density at radius 1 is 0.696 bits per heavy atom. The second-order valence-corrected chi connectivity index (χ2v) is 16.4. The monoisotopic (exact) mass is 807 g/mol. The van der Waals surface area contributed by atoms with Crippen LogP contribution in [0.4, 0.5) is 0 Å². The van der Waals surface area contributed by atoms with Crippen LogP contribution in [0.1, 0.15) is 88.5 Å². The van der Waals surface area contributed by atoms with Gasteiger partial charge in [-0.15, -0.1) is 0 Å². The Hall–Kier alpha value is -1.83. The molecule has 0 saturated carbocycles. The maximum Gasteiger partial charge on any atom is 0.333 e. The summed E-state index contributed by atoms with van der Waals surface area (Å²) in [5.74, 6) is -1.37. The van der Waals surface area contributed by atoms with Crippen LogP contribution in [0.3, 0.4) is 0 Å². The predicted molar refractivity (Wildman–Crippen MR) is 209 cm³/mol. The second kappa shape index (κ2) is 24.9. The van der Waals surface area contributed by atoms with Crippen LogP contribution in [0, 0.1) is 35.5 Å². The van der Waals surface area contributed by atoms with Gasteiger partial charge in [-0.3, -0.25) is 0 Å². The number of esters is 1.